The normalized spacial score (nSPS) is 20.6. The van der Waals surface area contributed by atoms with Crippen molar-refractivity contribution in [2.75, 3.05) is 18.8 Å². The molecule has 1 saturated heterocycles. The Balaban J connectivity index is 2.00. The van der Waals surface area contributed by atoms with Gasteiger partial charge in [0.2, 0.25) is 0 Å². The van der Waals surface area contributed by atoms with Crippen molar-refractivity contribution >= 4 is 25.8 Å². The Morgan fingerprint density at radius 2 is 2.12 bits per heavy atom. The van der Waals surface area contributed by atoms with Gasteiger partial charge in [-0.25, -0.2) is 8.42 Å². The molecule has 0 amide bonds. The molecule has 5 heteroatoms. The van der Waals surface area contributed by atoms with Crippen molar-refractivity contribution in [3.8, 4) is 0 Å². The molecule has 0 spiro atoms. The average Bonchev–Trinajstić information content (AvgIpc) is 2.82. The highest BCUT2D eigenvalue weighted by Crippen LogP contribution is 2.18. The first-order valence-electron chi connectivity index (χ1n) is 5.75. The molecular weight excluding hydrogens is 302 g/mol. The molecule has 2 rings (SSSR count). The molecule has 1 aromatic rings. The van der Waals surface area contributed by atoms with Crippen molar-refractivity contribution in [3.05, 3.63) is 34.3 Å². The lowest BCUT2D eigenvalue weighted by molar-refractivity contribution is 0.582. The van der Waals surface area contributed by atoms with Crippen LogP contribution in [0.5, 0.6) is 0 Å². The van der Waals surface area contributed by atoms with E-state index in [2.05, 4.69) is 21.2 Å². The van der Waals surface area contributed by atoms with Crippen molar-refractivity contribution in [1.29, 1.82) is 0 Å². The smallest absolute Gasteiger partial charge is 0.154 e. The third kappa shape index (κ3) is 3.30. The van der Waals surface area contributed by atoms with E-state index >= 15 is 0 Å². The fourth-order valence-electron chi connectivity index (χ4n) is 2.05. The molecule has 1 N–H and O–H groups in total. The Morgan fingerprint density at radius 3 is 2.76 bits per heavy atom. The Bertz CT molecular complexity index is 481. The van der Waals surface area contributed by atoms with Crippen molar-refractivity contribution in [3.63, 3.8) is 0 Å². The third-order valence-corrected chi connectivity index (χ3v) is 6.10. The van der Waals surface area contributed by atoms with Crippen LogP contribution in [0.15, 0.2) is 28.7 Å². The van der Waals surface area contributed by atoms with E-state index < -0.39 is 9.84 Å². The van der Waals surface area contributed by atoms with Crippen LogP contribution in [-0.2, 0) is 16.3 Å². The molecule has 0 aromatic heterocycles. The summed E-state index contributed by atoms with van der Waals surface area (Å²) in [7, 11) is -2.96. The molecule has 3 nitrogen and oxygen atoms in total. The van der Waals surface area contributed by atoms with Gasteiger partial charge in [0.15, 0.2) is 9.84 Å². The molecule has 1 aliphatic rings. The van der Waals surface area contributed by atoms with Crippen molar-refractivity contribution in [2.45, 2.75) is 18.1 Å². The largest absolute Gasteiger partial charge is 0.315 e. The average molecular weight is 318 g/mol. The van der Waals surface area contributed by atoms with Gasteiger partial charge in [0, 0.05) is 11.0 Å². The van der Waals surface area contributed by atoms with Gasteiger partial charge >= 0.3 is 0 Å². The monoisotopic (exact) mass is 317 g/mol. The summed E-state index contributed by atoms with van der Waals surface area (Å²) in [6.07, 6.45) is 1.33. The van der Waals surface area contributed by atoms with Gasteiger partial charge in [0.05, 0.1) is 11.0 Å². The van der Waals surface area contributed by atoms with E-state index in [0.29, 0.717) is 13.0 Å². The highest BCUT2D eigenvalue weighted by molar-refractivity contribution is 9.10. The van der Waals surface area contributed by atoms with Crippen LogP contribution in [0.4, 0.5) is 0 Å². The predicted octanol–water partition coefficient (Wildman–Crippen LogP) is 1.77. The Hall–Kier alpha value is -0.390. The maximum Gasteiger partial charge on any atom is 0.154 e. The number of rotatable bonds is 4. The molecular formula is C12H16BrNO2S. The number of sulfone groups is 1. The number of hydrogen-bond acceptors (Lipinski definition) is 3. The lowest BCUT2D eigenvalue weighted by atomic mass is 10.2. The second-order valence-corrected chi connectivity index (χ2v) is 7.58. The van der Waals surface area contributed by atoms with E-state index in [1.807, 2.05) is 24.3 Å². The standard InChI is InChI=1S/C12H16BrNO2S/c13-12-4-2-1-3-10(12)6-8-17(15,16)11-5-7-14-9-11/h1-4,11,14H,5-9H2. The maximum absolute atomic E-state index is 12.1. The summed E-state index contributed by atoms with van der Waals surface area (Å²) in [5.41, 5.74) is 1.06. The number of halogens is 1. The highest BCUT2D eigenvalue weighted by Gasteiger charge is 2.28. The number of aryl methyl sites for hydroxylation is 1. The van der Waals surface area contributed by atoms with Crippen LogP contribution >= 0.6 is 15.9 Å². The summed E-state index contributed by atoms with van der Waals surface area (Å²) < 4.78 is 25.1. The van der Waals surface area contributed by atoms with E-state index in [9.17, 15) is 8.42 Å². The summed E-state index contributed by atoms with van der Waals surface area (Å²) in [6, 6.07) is 7.78. The fourth-order valence-corrected chi connectivity index (χ4v) is 4.22. The van der Waals surface area contributed by atoms with Gasteiger partial charge in [-0.3, -0.25) is 0 Å². The second-order valence-electron chi connectivity index (χ2n) is 4.32. The summed E-state index contributed by atoms with van der Waals surface area (Å²) in [5.74, 6) is 0.238. The van der Waals surface area contributed by atoms with Gasteiger partial charge in [-0.15, -0.1) is 0 Å². The quantitative estimate of drug-likeness (QED) is 0.920. The topological polar surface area (TPSA) is 46.2 Å². The zero-order valence-electron chi connectivity index (χ0n) is 9.52. The molecule has 17 heavy (non-hydrogen) atoms. The summed E-state index contributed by atoms with van der Waals surface area (Å²) in [5, 5.41) is 2.91. The summed E-state index contributed by atoms with van der Waals surface area (Å²) >= 11 is 3.44. The molecule has 1 unspecified atom stereocenters. The van der Waals surface area contributed by atoms with Gasteiger partial charge in [-0.2, -0.15) is 0 Å². The zero-order valence-corrected chi connectivity index (χ0v) is 11.9. The van der Waals surface area contributed by atoms with Gasteiger partial charge in [0.25, 0.3) is 0 Å². The molecule has 1 fully saturated rings. The molecule has 1 aromatic carbocycles. The number of nitrogens with one attached hydrogen (secondary N) is 1. The molecule has 0 aliphatic carbocycles. The van der Waals surface area contributed by atoms with E-state index in [1.54, 1.807) is 0 Å². The predicted molar refractivity (Wildman–Crippen MR) is 72.9 cm³/mol. The molecule has 1 heterocycles. The van der Waals surface area contributed by atoms with Crippen LogP contribution in [0.3, 0.4) is 0 Å². The molecule has 94 valence electrons. The van der Waals surface area contributed by atoms with E-state index in [0.717, 1.165) is 23.0 Å². The Morgan fingerprint density at radius 1 is 1.35 bits per heavy atom. The molecule has 1 atom stereocenters. The maximum atomic E-state index is 12.1. The fraction of sp³-hybridized carbons (Fsp3) is 0.500. The van der Waals surface area contributed by atoms with E-state index in [4.69, 9.17) is 0 Å². The first kappa shape index (κ1) is 13.1. The Labute approximate surface area is 111 Å². The molecule has 0 saturated carbocycles. The van der Waals surface area contributed by atoms with Crippen LogP contribution in [0.25, 0.3) is 0 Å². The first-order chi connectivity index (χ1) is 8.09. The van der Waals surface area contributed by atoms with Crippen LogP contribution in [0.2, 0.25) is 0 Å². The SMILES string of the molecule is O=S(=O)(CCc1ccccc1Br)C1CCNC1. The van der Waals surface area contributed by atoms with Gasteiger partial charge < -0.3 is 5.32 Å². The number of benzene rings is 1. The van der Waals surface area contributed by atoms with Crippen LogP contribution in [-0.4, -0.2) is 32.5 Å². The summed E-state index contributed by atoms with van der Waals surface area (Å²) in [6.45, 7) is 1.43. The van der Waals surface area contributed by atoms with E-state index in [-0.39, 0.29) is 11.0 Å². The van der Waals surface area contributed by atoms with Crippen molar-refractivity contribution in [2.24, 2.45) is 0 Å². The minimum Gasteiger partial charge on any atom is -0.315 e. The van der Waals surface area contributed by atoms with Crippen molar-refractivity contribution < 1.29 is 8.42 Å². The minimum atomic E-state index is -2.96. The van der Waals surface area contributed by atoms with Crippen molar-refractivity contribution in [1.82, 2.24) is 5.32 Å². The molecule has 1 aliphatic heterocycles. The first-order valence-corrected chi connectivity index (χ1v) is 8.26. The second kappa shape index (κ2) is 5.50. The third-order valence-electron chi connectivity index (χ3n) is 3.14. The van der Waals surface area contributed by atoms with Crippen LogP contribution in [0, 0.1) is 0 Å². The van der Waals surface area contributed by atoms with Gasteiger partial charge in [-0.05, 0) is 31.0 Å². The Kier molecular flexibility index (Phi) is 4.22. The highest BCUT2D eigenvalue weighted by atomic mass is 79.9. The number of hydrogen-bond donors (Lipinski definition) is 1. The lowest BCUT2D eigenvalue weighted by Gasteiger charge is -2.10. The zero-order chi connectivity index (χ0) is 12.3. The van der Waals surface area contributed by atoms with Crippen LogP contribution < -0.4 is 5.32 Å². The van der Waals surface area contributed by atoms with Gasteiger partial charge in [0.1, 0.15) is 0 Å². The lowest BCUT2D eigenvalue weighted by Crippen LogP contribution is -2.27. The summed E-state index contributed by atoms with van der Waals surface area (Å²) in [4.78, 5) is 0. The van der Waals surface area contributed by atoms with E-state index in [1.165, 1.54) is 0 Å². The molecule has 0 radical (unpaired) electrons. The molecule has 0 bridgehead atoms. The van der Waals surface area contributed by atoms with Crippen LogP contribution in [0.1, 0.15) is 12.0 Å². The van der Waals surface area contributed by atoms with Gasteiger partial charge in [-0.1, -0.05) is 34.1 Å². The minimum absolute atomic E-state index is 0.190.